The highest BCUT2D eigenvalue weighted by Gasteiger charge is 2.38. The SMILES string of the molecule is COC(=O)c1cnc(C2C[C@@H]2C)cc1Oc1ccc(OC(F)(F)F)cc1OC.COc1cc(OC(F)(F)F)ccc1Oc1cc(C2C[C@@H]2C)ncc1C(=O)Nc1ccc(F)c(C(N)=O)c1.NC(=O)c1cc(N)ccc1F. The number of benzene rings is 4. The van der Waals surface area contributed by atoms with Gasteiger partial charge in [-0.3, -0.25) is 24.4 Å². The minimum atomic E-state index is -4.89. The van der Waals surface area contributed by atoms with Crippen LogP contribution in [0, 0.1) is 23.5 Å². The molecular weight excluding hydrogens is 1020 g/mol. The highest BCUT2D eigenvalue weighted by molar-refractivity contribution is 6.06. The van der Waals surface area contributed by atoms with Gasteiger partial charge in [0.1, 0.15) is 45.8 Å². The van der Waals surface area contributed by atoms with E-state index in [1.165, 1.54) is 64.1 Å². The molecule has 4 atom stereocenters. The van der Waals surface area contributed by atoms with E-state index in [9.17, 15) is 54.3 Å². The van der Waals surface area contributed by atoms with Crippen molar-refractivity contribution >= 4 is 35.1 Å². The average molecular weight is 1070 g/mol. The number of primary amides is 2. The Bertz CT molecular complexity index is 3140. The maximum absolute atomic E-state index is 13.8. The number of rotatable bonds is 15. The molecule has 2 saturated carbocycles. The number of nitrogens with two attached hydrogens (primary N) is 3. The first-order chi connectivity index (χ1) is 35.8. The lowest BCUT2D eigenvalue weighted by atomic mass is 10.1. The Labute approximate surface area is 427 Å². The topological polar surface area (TPSA) is 249 Å². The highest BCUT2D eigenvalue weighted by Crippen LogP contribution is 2.49. The van der Waals surface area contributed by atoms with Crippen LogP contribution in [0.15, 0.2) is 97.3 Å². The van der Waals surface area contributed by atoms with Gasteiger partial charge >= 0.3 is 18.7 Å². The summed E-state index contributed by atoms with van der Waals surface area (Å²) in [5, 5.41) is 2.53. The fourth-order valence-electron chi connectivity index (χ4n) is 7.20. The minimum Gasteiger partial charge on any atom is -0.493 e. The van der Waals surface area contributed by atoms with Gasteiger partial charge in [-0.15, -0.1) is 26.3 Å². The molecule has 2 aromatic heterocycles. The fourth-order valence-corrected chi connectivity index (χ4v) is 7.20. The Morgan fingerprint density at radius 3 is 1.41 bits per heavy atom. The fraction of sp³-hybridized carbons (Fsp3) is 0.255. The van der Waals surface area contributed by atoms with Gasteiger partial charge in [-0.25, -0.2) is 13.6 Å². The number of alkyl halides is 6. The van der Waals surface area contributed by atoms with Crippen molar-refractivity contribution in [3.05, 3.63) is 143 Å². The number of nitrogens with zero attached hydrogens (tertiary/aromatic N) is 2. The first-order valence-electron chi connectivity index (χ1n) is 22.3. The first-order valence-corrected chi connectivity index (χ1v) is 22.3. The Hall–Kier alpha value is -8.90. The molecule has 2 aliphatic carbocycles. The van der Waals surface area contributed by atoms with Gasteiger partial charge in [0.2, 0.25) is 0 Å². The summed E-state index contributed by atoms with van der Waals surface area (Å²) in [6.45, 7) is 4.13. The Morgan fingerprint density at radius 1 is 0.566 bits per heavy atom. The van der Waals surface area contributed by atoms with E-state index in [1.807, 2.05) is 6.92 Å². The predicted molar refractivity (Wildman–Crippen MR) is 255 cm³/mol. The van der Waals surface area contributed by atoms with Crippen LogP contribution in [0.2, 0.25) is 0 Å². The molecule has 4 aromatic carbocycles. The van der Waals surface area contributed by atoms with Crippen LogP contribution >= 0.6 is 0 Å². The Morgan fingerprint density at radius 2 is 1.00 bits per heavy atom. The number of aromatic nitrogens is 2. The lowest BCUT2D eigenvalue weighted by Gasteiger charge is -2.16. The van der Waals surface area contributed by atoms with Gasteiger partial charge in [-0.05, 0) is 85.3 Å². The lowest BCUT2D eigenvalue weighted by Crippen LogP contribution is -2.17. The molecule has 2 heterocycles. The third kappa shape index (κ3) is 15.1. The van der Waals surface area contributed by atoms with Crippen LogP contribution in [0.1, 0.15) is 91.3 Å². The quantitative estimate of drug-likeness (QED) is 0.0424. The average Bonchev–Trinajstić information content (AvgIpc) is 4.29. The number of ether oxygens (including phenoxy) is 7. The zero-order valence-corrected chi connectivity index (χ0v) is 40.6. The smallest absolute Gasteiger partial charge is 0.493 e. The van der Waals surface area contributed by atoms with Crippen molar-refractivity contribution in [1.82, 2.24) is 9.97 Å². The second-order valence-corrected chi connectivity index (χ2v) is 16.9. The molecule has 2 unspecified atom stereocenters. The van der Waals surface area contributed by atoms with Crippen LogP contribution < -0.4 is 50.9 Å². The van der Waals surface area contributed by atoms with Gasteiger partial charge in [0.15, 0.2) is 23.0 Å². The standard InChI is InChI=1S/C25H21F4N3O5.C19H18F3NO5.C7H7FN2O/c1-12-7-15(12)19-10-21(36-20-6-4-14(9-22(20)35-2)37-25(27,28)29)17(11-31-19)24(34)32-13-3-5-18(26)16(8-13)23(30)33;1-10-6-12(10)14-8-16(13(9-23-14)18(24)26-3)27-15-5-4-11(7-17(15)25-2)28-19(20,21)22;8-6-2-1-4(9)3-5(6)7(10)11/h3-6,8-12,15H,7H2,1-2H3,(H2,30,33)(H,32,34);4-5,7-10,12H,6H2,1-3H3;1-3H,9H2,(H2,10,11)/t12-,15?;10-,12?;/m00./s1. The molecule has 8 rings (SSSR count). The highest BCUT2D eigenvalue weighted by atomic mass is 19.4. The molecule has 0 aliphatic heterocycles. The number of hydrogen-bond donors (Lipinski definition) is 4. The number of halogens is 8. The van der Waals surface area contributed by atoms with Gasteiger partial charge in [-0.1, -0.05) is 13.8 Å². The van der Waals surface area contributed by atoms with E-state index in [0.717, 1.165) is 61.0 Å². The molecular formula is C51H46F8N6O11. The number of methoxy groups -OCH3 is 3. The maximum Gasteiger partial charge on any atom is 0.573 e. The van der Waals surface area contributed by atoms with E-state index in [4.69, 9.17) is 40.9 Å². The monoisotopic (exact) mass is 1070 g/mol. The number of hydrogen-bond acceptors (Lipinski definition) is 14. The molecule has 0 bridgehead atoms. The number of pyridine rings is 2. The number of esters is 1. The van der Waals surface area contributed by atoms with Gasteiger partial charge < -0.3 is 55.7 Å². The van der Waals surface area contributed by atoms with Crippen molar-refractivity contribution < 1.29 is 87.5 Å². The summed E-state index contributed by atoms with van der Waals surface area (Å²) < 4.78 is 136. The molecule has 0 radical (unpaired) electrons. The van der Waals surface area contributed by atoms with E-state index in [-0.39, 0.29) is 68.7 Å². The summed E-state index contributed by atoms with van der Waals surface area (Å²) in [5.41, 5.74) is 16.6. The van der Waals surface area contributed by atoms with Gasteiger partial charge in [0, 0.05) is 71.3 Å². The van der Waals surface area contributed by atoms with E-state index in [0.29, 0.717) is 23.2 Å². The third-order valence-electron chi connectivity index (χ3n) is 11.3. The van der Waals surface area contributed by atoms with Crippen LogP contribution in [0.3, 0.4) is 0 Å². The molecule has 2 fully saturated rings. The molecule has 402 valence electrons. The zero-order valence-electron chi connectivity index (χ0n) is 40.6. The normalized spacial score (nSPS) is 16.2. The summed E-state index contributed by atoms with van der Waals surface area (Å²) in [5.74, 6) is -4.00. The van der Waals surface area contributed by atoms with Crippen molar-refractivity contribution in [2.24, 2.45) is 23.3 Å². The lowest BCUT2D eigenvalue weighted by molar-refractivity contribution is -0.275. The van der Waals surface area contributed by atoms with E-state index in [2.05, 4.69) is 31.7 Å². The molecule has 0 spiro atoms. The molecule has 76 heavy (non-hydrogen) atoms. The summed E-state index contributed by atoms with van der Waals surface area (Å²) in [6.07, 6.45) is -5.17. The number of carbonyl (C=O) groups excluding carboxylic acids is 4. The van der Waals surface area contributed by atoms with E-state index >= 15 is 0 Å². The van der Waals surface area contributed by atoms with Crippen molar-refractivity contribution in [1.29, 1.82) is 0 Å². The molecule has 0 saturated heterocycles. The zero-order chi connectivity index (χ0) is 55.8. The largest absolute Gasteiger partial charge is 0.573 e. The van der Waals surface area contributed by atoms with Crippen LogP contribution in [0.25, 0.3) is 0 Å². The molecule has 6 aromatic rings. The summed E-state index contributed by atoms with van der Waals surface area (Å²) in [4.78, 5) is 55.7. The molecule has 2 aliphatic rings. The number of amides is 3. The van der Waals surface area contributed by atoms with Crippen molar-refractivity contribution in [3.8, 4) is 46.0 Å². The summed E-state index contributed by atoms with van der Waals surface area (Å²) in [6, 6.07) is 16.9. The Balaban J connectivity index is 0.000000211. The second-order valence-electron chi connectivity index (χ2n) is 16.9. The summed E-state index contributed by atoms with van der Waals surface area (Å²) >= 11 is 0. The maximum atomic E-state index is 13.8. The van der Waals surface area contributed by atoms with Crippen molar-refractivity contribution in [2.45, 2.75) is 51.2 Å². The number of carbonyl (C=O) groups is 4. The van der Waals surface area contributed by atoms with Crippen molar-refractivity contribution in [3.63, 3.8) is 0 Å². The van der Waals surface area contributed by atoms with E-state index < -0.39 is 65.1 Å². The van der Waals surface area contributed by atoms with Gasteiger partial charge in [-0.2, -0.15) is 0 Å². The van der Waals surface area contributed by atoms with E-state index in [1.54, 1.807) is 12.1 Å². The Kier molecular flexibility index (Phi) is 17.5. The van der Waals surface area contributed by atoms with Gasteiger partial charge in [0.25, 0.3) is 17.7 Å². The molecule has 25 heteroatoms. The van der Waals surface area contributed by atoms with Crippen LogP contribution in [-0.4, -0.2) is 67.7 Å². The first kappa shape index (κ1) is 56.4. The van der Waals surface area contributed by atoms with Gasteiger partial charge in [0.05, 0.1) is 32.5 Å². The number of anilines is 2. The predicted octanol–water partition coefficient (Wildman–Crippen LogP) is 10.6. The number of nitrogens with one attached hydrogen (secondary N) is 1. The molecule has 3 amide bonds. The van der Waals surface area contributed by atoms with Crippen LogP contribution in [0.4, 0.5) is 46.5 Å². The van der Waals surface area contributed by atoms with Crippen LogP contribution in [0.5, 0.6) is 46.0 Å². The molecule has 7 N–H and O–H groups in total. The second kappa shape index (κ2) is 23.5. The molecule has 17 nitrogen and oxygen atoms in total. The van der Waals surface area contributed by atoms with Crippen LogP contribution in [-0.2, 0) is 4.74 Å². The summed E-state index contributed by atoms with van der Waals surface area (Å²) in [7, 11) is 3.75. The number of nitrogen functional groups attached to an aromatic ring is 1. The minimum absolute atomic E-state index is 0.00992. The van der Waals surface area contributed by atoms with Crippen molar-refractivity contribution in [2.75, 3.05) is 32.4 Å². The third-order valence-corrected chi connectivity index (χ3v) is 11.3.